The van der Waals surface area contributed by atoms with E-state index in [4.69, 9.17) is 0 Å². The molecule has 1 atom stereocenters. The second-order valence-electron chi connectivity index (χ2n) is 2.32. The first kappa shape index (κ1) is 11.9. The molecule has 0 rings (SSSR count). The van der Waals surface area contributed by atoms with Gasteiger partial charge in [-0.3, -0.25) is 0 Å². The zero-order valence-electron chi connectivity index (χ0n) is 8.03. The molecule has 0 aliphatic carbocycles. The molecule has 76 valence electrons. The van der Waals surface area contributed by atoms with Crippen LogP contribution < -0.4 is 0 Å². The highest BCUT2D eigenvalue weighted by Gasteiger charge is 2.18. The van der Waals surface area contributed by atoms with E-state index in [1.165, 1.54) is 14.0 Å². The van der Waals surface area contributed by atoms with Crippen molar-refractivity contribution in [3.8, 4) is 0 Å². The van der Waals surface area contributed by atoms with Crippen LogP contribution >= 0.6 is 0 Å². The largest absolute Gasteiger partial charge is 0.463 e. The summed E-state index contributed by atoms with van der Waals surface area (Å²) in [6, 6.07) is 0. The zero-order valence-corrected chi connectivity index (χ0v) is 8.03. The van der Waals surface area contributed by atoms with Gasteiger partial charge in [-0.1, -0.05) is 0 Å². The summed E-state index contributed by atoms with van der Waals surface area (Å²) in [5, 5.41) is 0. The fraction of sp³-hybridized carbons (Fsp3) is 0.750. The van der Waals surface area contributed by atoms with E-state index in [-0.39, 0.29) is 13.2 Å². The Labute approximate surface area is 77.0 Å². The summed E-state index contributed by atoms with van der Waals surface area (Å²) in [6.07, 6.45) is -0.873. The Morgan fingerprint density at radius 1 is 1.38 bits per heavy atom. The maximum atomic E-state index is 10.9. The molecule has 0 saturated carbocycles. The molecule has 1 unspecified atom stereocenters. The zero-order chi connectivity index (χ0) is 10.3. The van der Waals surface area contributed by atoms with E-state index in [1.807, 2.05) is 0 Å². The van der Waals surface area contributed by atoms with Gasteiger partial charge in [0.1, 0.15) is 6.61 Å². The molecule has 5 heteroatoms. The third-order valence-corrected chi connectivity index (χ3v) is 1.19. The Balaban J connectivity index is 3.78. The highest BCUT2D eigenvalue weighted by Crippen LogP contribution is 1.95. The monoisotopic (exact) mass is 190 g/mol. The lowest BCUT2D eigenvalue weighted by atomic mass is 10.4. The van der Waals surface area contributed by atoms with E-state index in [0.29, 0.717) is 0 Å². The average molecular weight is 190 g/mol. The molecule has 0 saturated heterocycles. The Hall–Kier alpha value is -1.10. The topological polar surface area (TPSA) is 61.8 Å². The first-order valence-electron chi connectivity index (χ1n) is 3.96. The molecule has 0 aliphatic heterocycles. The van der Waals surface area contributed by atoms with Crippen molar-refractivity contribution in [1.29, 1.82) is 0 Å². The summed E-state index contributed by atoms with van der Waals surface area (Å²) in [5.41, 5.74) is 0. The number of methoxy groups -OCH3 is 1. The van der Waals surface area contributed by atoms with Crippen molar-refractivity contribution in [2.45, 2.75) is 20.0 Å². The molecule has 13 heavy (non-hydrogen) atoms. The SMILES string of the molecule is CCOC(=O)C(C)OC(=O)COC. The van der Waals surface area contributed by atoms with Gasteiger partial charge in [-0.2, -0.15) is 0 Å². The minimum Gasteiger partial charge on any atom is -0.463 e. The summed E-state index contributed by atoms with van der Waals surface area (Å²) in [5.74, 6) is -1.13. The minimum absolute atomic E-state index is 0.163. The molecule has 0 aromatic carbocycles. The van der Waals surface area contributed by atoms with Crippen LogP contribution in [0.5, 0.6) is 0 Å². The number of carbonyl (C=O) groups excluding carboxylic acids is 2. The van der Waals surface area contributed by atoms with E-state index in [0.717, 1.165) is 0 Å². The van der Waals surface area contributed by atoms with Crippen LogP contribution in [0, 0.1) is 0 Å². The quantitative estimate of drug-likeness (QED) is 0.576. The molecular formula is C8H14O5. The molecule has 0 aromatic heterocycles. The lowest BCUT2D eigenvalue weighted by Crippen LogP contribution is -2.27. The predicted molar refractivity (Wildman–Crippen MR) is 44.1 cm³/mol. The van der Waals surface area contributed by atoms with E-state index in [2.05, 4.69) is 14.2 Å². The fourth-order valence-corrected chi connectivity index (χ4v) is 0.657. The van der Waals surface area contributed by atoms with E-state index in [1.54, 1.807) is 6.92 Å². The maximum Gasteiger partial charge on any atom is 0.347 e. The molecule has 0 aromatic rings. The number of ether oxygens (including phenoxy) is 3. The van der Waals surface area contributed by atoms with Crippen LogP contribution in [0.2, 0.25) is 0 Å². The van der Waals surface area contributed by atoms with Crippen molar-refractivity contribution in [1.82, 2.24) is 0 Å². The lowest BCUT2D eigenvalue weighted by molar-refractivity contribution is -0.168. The Kier molecular flexibility index (Phi) is 5.88. The second-order valence-corrected chi connectivity index (χ2v) is 2.32. The summed E-state index contributed by atoms with van der Waals surface area (Å²) in [7, 11) is 1.37. The van der Waals surface area contributed by atoms with Crippen LogP contribution in [0.25, 0.3) is 0 Å². The maximum absolute atomic E-state index is 10.9. The minimum atomic E-state index is -0.873. The first-order valence-corrected chi connectivity index (χ1v) is 3.96. The number of esters is 2. The van der Waals surface area contributed by atoms with Gasteiger partial charge >= 0.3 is 11.9 Å². The predicted octanol–water partition coefficient (Wildman–Crippen LogP) is 0.128. The van der Waals surface area contributed by atoms with Crippen molar-refractivity contribution >= 4 is 11.9 Å². The van der Waals surface area contributed by atoms with Crippen LogP contribution in [0.1, 0.15) is 13.8 Å². The summed E-state index contributed by atoms with van der Waals surface area (Å²) in [4.78, 5) is 21.7. The van der Waals surface area contributed by atoms with E-state index >= 15 is 0 Å². The molecule has 0 bridgehead atoms. The lowest BCUT2D eigenvalue weighted by Gasteiger charge is -2.11. The molecular weight excluding hydrogens is 176 g/mol. The van der Waals surface area contributed by atoms with Gasteiger partial charge in [-0.25, -0.2) is 9.59 Å². The third kappa shape index (κ3) is 5.19. The third-order valence-electron chi connectivity index (χ3n) is 1.19. The van der Waals surface area contributed by atoms with Gasteiger partial charge in [0, 0.05) is 7.11 Å². The van der Waals surface area contributed by atoms with Crippen LogP contribution in [-0.2, 0) is 23.8 Å². The molecule has 0 spiro atoms. The molecule has 0 heterocycles. The van der Waals surface area contributed by atoms with Crippen molar-refractivity contribution in [3.05, 3.63) is 0 Å². The van der Waals surface area contributed by atoms with Gasteiger partial charge in [0.15, 0.2) is 6.10 Å². The molecule has 0 amide bonds. The molecule has 0 fully saturated rings. The number of rotatable bonds is 5. The van der Waals surface area contributed by atoms with Crippen LogP contribution in [0.3, 0.4) is 0 Å². The van der Waals surface area contributed by atoms with Crippen LogP contribution in [-0.4, -0.2) is 38.4 Å². The molecule has 0 radical (unpaired) electrons. The number of carbonyl (C=O) groups is 2. The van der Waals surface area contributed by atoms with Crippen LogP contribution in [0.4, 0.5) is 0 Å². The van der Waals surface area contributed by atoms with E-state index in [9.17, 15) is 9.59 Å². The van der Waals surface area contributed by atoms with Gasteiger partial charge in [-0.15, -0.1) is 0 Å². The summed E-state index contributed by atoms with van der Waals surface area (Å²) < 4.78 is 13.8. The molecule has 0 N–H and O–H groups in total. The number of hydrogen-bond donors (Lipinski definition) is 0. The fourth-order valence-electron chi connectivity index (χ4n) is 0.657. The highest BCUT2D eigenvalue weighted by molar-refractivity contribution is 5.79. The van der Waals surface area contributed by atoms with Gasteiger partial charge in [0.2, 0.25) is 0 Å². The van der Waals surface area contributed by atoms with Crippen molar-refractivity contribution in [2.24, 2.45) is 0 Å². The Morgan fingerprint density at radius 3 is 2.46 bits per heavy atom. The van der Waals surface area contributed by atoms with Gasteiger partial charge < -0.3 is 14.2 Å². The van der Waals surface area contributed by atoms with Crippen molar-refractivity contribution in [2.75, 3.05) is 20.3 Å². The van der Waals surface area contributed by atoms with Crippen molar-refractivity contribution in [3.63, 3.8) is 0 Å². The summed E-state index contributed by atoms with van der Waals surface area (Å²) in [6.45, 7) is 3.24. The standard InChI is InChI=1S/C8H14O5/c1-4-12-8(10)6(2)13-7(9)5-11-3/h6H,4-5H2,1-3H3. The Bertz CT molecular complexity index is 177. The number of hydrogen-bond acceptors (Lipinski definition) is 5. The molecule has 5 nitrogen and oxygen atoms in total. The van der Waals surface area contributed by atoms with Gasteiger partial charge in [-0.05, 0) is 13.8 Å². The van der Waals surface area contributed by atoms with E-state index < -0.39 is 18.0 Å². The highest BCUT2D eigenvalue weighted by atomic mass is 16.6. The van der Waals surface area contributed by atoms with Gasteiger partial charge in [0.25, 0.3) is 0 Å². The second kappa shape index (κ2) is 6.42. The normalized spacial score (nSPS) is 11.9. The van der Waals surface area contributed by atoms with Crippen LogP contribution in [0.15, 0.2) is 0 Å². The molecule has 0 aliphatic rings. The first-order chi connectivity index (χ1) is 6.11. The average Bonchev–Trinajstić information content (AvgIpc) is 2.05. The smallest absolute Gasteiger partial charge is 0.347 e. The Morgan fingerprint density at radius 2 is 2.00 bits per heavy atom. The summed E-state index contributed by atoms with van der Waals surface area (Å²) >= 11 is 0. The van der Waals surface area contributed by atoms with Crippen molar-refractivity contribution < 1.29 is 23.8 Å². The van der Waals surface area contributed by atoms with Gasteiger partial charge in [0.05, 0.1) is 6.61 Å².